The predicted octanol–water partition coefficient (Wildman–Crippen LogP) is 2.59. The molecule has 1 unspecified atom stereocenters. The van der Waals surface area contributed by atoms with Crippen LogP contribution in [0.25, 0.3) is 0 Å². The van der Waals surface area contributed by atoms with Crippen LogP contribution in [-0.4, -0.2) is 25.3 Å². The number of benzene rings is 1. The van der Waals surface area contributed by atoms with Crippen LogP contribution in [-0.2, 0) is 0 Å². The summed E-state index contributed by atoms with van der Waals surface area (Å²) in [6, 6.07) is 8.42. The van der Waals surface area contributed by atoms with E-state index >= 15 is 0 Å². The molecule has 0 spiro atoms. The molecule has 2 aliphatic rings. The van der Waals surface area contributed by atoms with Crippen LogP contribution in [0, 0.1) is 17.2 Å². The van der Waals surface area contributed by atoms with E-state index in [2.05, 4.69) is 30.9 Å². The fraction of sp³-hybridized carbons (Fsp3) is 0.533. The smallest absolute Gasteiger partial charge is 0.163 e. The Kier molecular flexibility index (Phi) is 2.78. The summed E-state index contributed by atoms with van der Waals surface area (Å²) in [4.78, 5) is 2.29. The molecule has 0 amide bonds. The van der Waals surface area contributed by atoms with E-state index in [-0.39, 0.29) is 11.5 Å². The number of anilines is 1. The Morgan fingerprint density at radius 1 is 1.26 bits per heavy atom. The van der Waals surface area contributed by atoms with Crippen molar-refractivity contribution >= 4 is 5.69 Å². The lowest BCUT2D eigenvalue weighted by molar-refractivity contribution is 0.171. The van der Waals surface area contributed by atoms with Gasteiger partial charge in [-0.1, -0.05) is 0 Å². The Bertz CT molecular complexity index is 533. The highest BCUT2D eigenvalue weighted by Gasteiger charge is 2.38. The molecule has 1 atom stereocenters. The topological polar surface area (TPSA) is 45.5 Å². The van der Waals surface area contributed by atoms with Crippen molar-refractivity contribution in [1.29, 1.82) is 5.26 Å². The normalized spacial score (nSPS) is 24.1. The third kappa shape index (κ3) is 2.10. The van der Waals surface area contributed by atoms with Gasteiger partial charge in [-0.25, -0.2) is 0 Å². The fourth-order valence-corrected chi connectivity index (χ4v) is 2.99. The number of nitriles is 1. The average molecular weight is 258 g/mol. The van der Waals surface area contributed by atoms with Gasteiger partial charge >= 0.3 is 0 Å². The summed E-state index contributed by atoms with van der Waals surface area (Å²) >= 11 is 0. The monoisotopic (exact) mass is 258 g/mol. The summed E-state index contributed by atoms with van der Waals surface area (Å²) in [5, 5.41) is 9.13. The van der Waals surface area contributed by atoms with Crippen molar-refractivity contribution in [3.8, 4) is 17.6 Å². The zero-order valence-electron chi connectivity index (χ0n) is 11.3. The van der Waals surface area contributed by atoms with E-state index in [1.165, 1.54) is 0 Å². The van der Waals surface area contributed by atoms with Gasteiger partial charge in [0.2, 0.25) is 0 Å². The molecule has 4 heteroatoms. The summed E-state index contributed by atoms with van der Waals surface area (Å²) in [5.41, 5.74) is 1.11. The van der Waals surface area contributed by atoms with Crippen molar-refractivity contribution in [3.05, 3.63) is 18.2 Å². The summed E-state index contributed by atoms with van der Waals surface area (Å²) < 4.78 is 11.2. The van der Waals surface area contributed by atoms with Crippen molar-refractivity contribution in [2.45, 2.75) is 25.8 Å². The van der Waals surface area contributed by atoms with Gasteiger partial charge in [-0.05, 0) is 32.4 Å². The third-order valence-electron chi connectivity index (χ3n) is 3.90. The second-order valence-corrected chi connectivity index (χ2v) is 5.78. The molecule has 1 fully saturated rings. The highest BCUT2D eigenvalue weighted by atomic mass is 16.6. The summed E-state index contributed by atoms with van der Waals surface area (Å²) in [6.45, 7) is 6.35. The molecule has 0 bridgehead atoms. The highest BCUT2D eigenvalue weighted by molar-refractivity contribution is 5.59. The van der Waals surface area contributed by atoms with Crippen LogP contribution in [0.5, 0.6) is 11.5 Å². The first kappa shape index (κ1) is 12.2. The number of nitrogens with zero attached hydrogens (tertiary/aromatic N) is 2. The second kappa shape index (κ2) is 4.34. The molecular formula is C15H18N2O2. The molecule has 2 aliphatic heterocycles. The molecule has 1 aromatic carbocycles. The maximum atomic E-state index is 9.13. The summed E-state index contributed by atoms with van der Waals surface area (Å²) in [5.74, 6) is 1.71. The maximum absolute atomic E-state index is 9.13. The zero-order valence-corrected chi connectivity index (χ0v) is 11.3. The third-order valence-corrected chi connectivity index (χ3v) is 3.90. The standard InChI is InChI=1S/C15H18N2O2/c1-15(2)8-11(9-16)10-17(15)12-3-4-13-14(7-12)19-6-5-18-13/h3-4,7,11H,5-6,8,10H2,1-2H3. The fourth-order valence-electron chi connectivity index (χ4n) is 2.99. The van der Waals surface area contributed by atoms with E-state index in [1.807, 2.05) is 12.1 Å². The van der Waals surface area contributed by atoms with Gasteiger partial charge in [-0.3, -0.25) is 0 Å². The van der Waals surface area contributed by atoms with Crippen LogP contribution in [0.4, 0.5) is 5.69 Å². The predicted molar refractivity (Wildman–Crippen MR) is 72.6 cm³/mol. The first-order valence-corrected chi connectivity index (χ1v) is 6.67. The lowest BCUT2D eigenvalue weighted by Gasteiger charge is -2.34. The number of hydrogen-bond acceptors (Lipinski definition) is 4. The van der Waals surface area contributed by atoms with Gasteiger partial charge in [-0.2, -0.15) is 5.26 Å². The largest absolute Gasteiger partial charge is 0.486 e. The van der Waals surface area contributed by atoms with Crippen LogP contribution in [0.2, 0.25) is 0 Å². The summed E-state index contributed by atoms with van der Waals surface area (Å²) in [7, 11) is 0. The first-order chi connectivity index (χ1) is 9.10. The van der Waals surface area contributed by atoms with Crippen LogP contribution in [0.3, 0.4) is 0 Å². The van der Waals surface area contributed by atoms with Crippen molar-refractivity contribution in [2.24, 2.45) is 5.92 Å². The lowest BCUT2D eigenvalue weighted by Crippen LogP contribution is -2.38. The second-order valence-electron chi connectivity index (χ2n) is 5.78. The first-order valence-electron chi connectivity index (χ1n) is 6.67. The molecule has 0 saturated carbocycles. The van der Waals surface area contributed by atoms with Gasteiger partial charge in [0.15, 0.2) is 11.5 Å². The quantitative estimate of drug-likeness (QED) is 0.776. The van der Waals surface area contributed by atoms with Gasteiger partial charge in [-0.15, -0.1) is 0 Å². The minimum absolute atomic E-state index is 0.00412. The Morgan fingerprint density at radius 2 is 2.00 bits per heavy atom. The molecular weight excluding hydrogens is 240 g/mol. The molecule has 0 radical (unpaired) electrons. The molecule has 0 aromatic heterocycles. The number of ether oxygens (including phenoxy) is 2. The molecule has 0 N–H and O–H groups in total. The molecule has 3 rings (SSSR count). The molecule has 4 nitrogen and oxygen atoms in total. The van der Waals surface area contributed by atoms with E-state index in [9.17, 15) is 0 Å². The van der Waals surface area contributed by atoms with Crippen LogP contribution >= 0.6 is 0 Å². The van der Waals surface area contributed by atoms with Crippen molar-refractivity contribution < 1.29 is 9.47 Å². The SMILES string of the molecule is CC1(C)CC(C#N)CN1c1ccc2c(c1)OCCO2. The summed E-state index contributed by atoms with van der Waals surface area (Å²) in [6.07, 6.45) is 0.901. The molecule has 1 aromatic rings. The van der Waals surface area contributed by atoms with E-state index in [1.54, 1.807) is 0 Å². The van der Waals surface area contributed by atoms with Gasteiger partial charge < -0.3 is 14.4 Å². The number of hydrogen-bond donors (Lipinski definition) is 0. The minimum Gasteiger partial charge on any atom is -0.486 e. The molecule has 1 saturated heterocycles. The van der Waals surface area contributed by atoms with E-state index in [0.29, 0.717) is 13.2 Å². The zero-order chi connectivity index (χ0) is 13.5. The van der Waals surface area contributed by atoms with Crippen LogP contribution < -0.4 is 14.4 Å². The lowest BCUT2D eigenvalue weighted by atomic mass is 9.97. The van der Waals surface area contributed by atoms with Gasteiger partial charge in [0.05, 0.1) is 12.0 Å². The maximum Gasteiger partial charge on any atom is 0.163 e. The minimum atomic E-state index is 0.00412. The Morgan fingerprint density at radius 3 is 2.68 bits per heavy atom. The molecule has 100 valence electrons. The molecule has 0 aliphatic carbocycles. The van der Waals surface area contributed by atoms with E-state index in [0.717, 1.165) is 30.2 Å². The highest BCUT2D eigenvalue weighted by Crippen LogP contribution is 2.40. The van der Waals surface area contributed by atoms with Crippen molar-refractivity contribution in [1.82, 2.24) is 0 Å². The Hall–Kier alpha value is -1.89. The van der Waals surface area contributed by atoms with E-state index < -0.39 is 0 Å². The van der Waals surface area contributed by atoms with Crippen LogP contribution in [0.1, 0.15) is 20.3 Å². The Balaban J connectivity index is 1.92. The Labute approximate surface area is 113 Å². The van der Waals surface area contributed by atoms with Gasteiger partial charge in [0, 0.05) is 23.8 Å². The van der Waals surface area contributed by atoms with Crippen molar-refractivity contribution in [2.75, 3.05) is 24.7 Å². The molecule has 19 heavy (non-hydrogen) atoms. The van der Waals surface area contributed by atoms with Gasteiger partial charge in [0.1, 0.15) is 13.2 Å². The molecule has 2 heterocycles. The van der Waals surface area contributed by atoms with Gasteiger partial charge in [0.25, 0.3) is 0 Å². The number of fused-ring (bicyclic) bond motifs is 1. The average Bonchev–Trinajstić information content (AvgIpc) is 2.73. The van der Waals surface area contributed by atoms with Crippen LogP contribution in [0.15, 0.2) is 18.2 Å². The van der Waals surface area contributed by atoms with E-state index in [4.69, 9.17) is 14.7 Å². The van der Waals surface area contributed by atoms with Crippen molar-refractivity contribution in [3.63, 3.8) is 0 Å². The number of rotatable bonds is 1.